The summed E-state index contributed by atoms with van der Waals surface area (Å²) in [5.41, 5.74) is 6.61. The van der Waals surface area contributed by atoms with E-state index in [4.69, 9.17) is 5.73 Å². The van der Waals surface area contributed by atoms with Crippen molar-refractivity contribution in [3.63, 3.8) is 0 Å². The van der Waals surface area contributed by atoms with Gasteiger partial charge in [0.25, 0.3) is 0 Å². The zero-order chi connectivity index (χ0) is 16.4. The van der Waals surface area contributed by atoms with Gasteiger partial charge in [-0.25, -0.2) is 4.98 Å². The molecule has 0 aliphatic carbocycles. The summed E-state index contributed by atoms with van der Waals surface area (Å²) in [7, 11) is 3.88. The Morgan fingerprint density at radius 2 is 2.09 bits per heavy atom. The van der Waals surface area contributed by atoms with Crippen LogP contribution in [0.15, 0.2) is 30.5 Å². The number of anilines is 2. The van der Waals surface area contributed by atoms with Gasteiger partial charge in [-0.15, -0.1) is 5.10 Å². The van der Waals surface area contributed by atoms with Crippen molar-refractivity contribution in [1.29, 1.82) is 0 Å². The van der Waals surface area contributed by atoms with Crippen LogP contribution in [0.3, 0.4) is 0 Å². The van der Waals surface area contributed by atoms with E-state index in [1.807, 2.05) is 37.2 Å². The van der Waals surface area contributed by atoms with E-state index in [2.05, 4.69) is 20.1 Å². The molecule has 3 heterocycles. The number of nitrogens with two attached hydrogens (primary N) is 1. The number of hydrogen-bond acceptors (Lipinski definition) is 6. The van der Waals surface area contributed by atoms with Crippen LogP contribution in [0.1, 0.15) is 34.9 Å². The summed E-state index contributed by atoms with van der Waals surface area (Å²) < 4.78 is 0. The van der Waals surface area contributed by atoms with Crippen LogP contribution in [0.25, 0.3) is 0 Å². The van der Waals surface area contributed by atoms with Crippen molar-refractivity contribution >= 4 is 17.5 Å². The number of rotatable bonds is 4. The van der Waals surface area contributed by atoms with Crippen LogP contribution in [-0.2, 0) is 0 Å². The van der Waals surface area contributed by atoms with Crippen molar-refractivity contribution in [2.24, 2.45) is 5.73 Å². The third kappa shape index (κ3) is 3.08. The Morgan fingerprint density at radius 3 is 2.65 bits per heavy atom. The SMILES string of the molecule is CN(C)c1ccc(C2CCCN2c2ccc(C(N)=O)cn2)nn1. The van der Waals surface area contributed by atoms with Crippen molar-refractivity contribution in [2.45, 2.75) is 18.9 Å². The van der Waals surface area contributed by atoms with Gasteiger partial charge >= 0.3 is 0 Å². The highest BCUT2D eigenvalue weighted by atomic mass is 16.1. The van der Waals surface area contributed by atoms with E-state index < -0.39 is 5.91 Å². The van der Waals surface area contributed by atoms with Crippen LogP contribution in [0, 0.1) is 0 Å². The molecule has 2 aromatic heterocycles. The third-order valence-corrected chi connectivity index (χ3v) is 4.05. The molecule has 2 N–H and O–H groups in total. The molecule has 3 rings (SSSR count). The lowest BCUT2D eigenvalue weighted by molar-refractivity contribution is 0.1000. The minimum absolute atomic E-state index is 0.158. The van der Waals surface area contributed by atoms with E-state index in [1.165, 1.54) is 6.20 Å². The highest BCUT2D eigenvalue weighted by Crippen LogP contribution is 2.34. The number of primary amides is 1. The fraction of sp³-hybridized carbons (Fsp3) is 0.375. The largest absolute Gasteiger partial charge is 0.366 e. The number of aromatic nitrogens is 3. The van der Waals surface area contributed by atoms with E-state index in [-0.39, 0.29) is 6.04 Å². The molecule has 7 heteroatoms. The molecule has 1 unspecified atom stereocenters. The maximum Gasteiger partial charge on any atom is 0.250 e. The lowest BCUT2D eigenvalue weighted by Gasteiger charge is -2.25. The maximum absolute atomic E-state index is 11.2. The molecule has 0 radical (unpaired) electrons. The van der Waals surface area contributed by atoms with Crippen LogP contribution in [0.2, 0.25) is 0 Å². The Bertz CT molecular complexity index is 683. The van der Waals surface area contributed by atoms with Crippen LogP contribution in [-0.4, -0.2) is 41.7 Å². The van der Waals surface area contributed by atoms with Crippen LogP contribution in [0.5, 0.6) is 0 Å². The quantitative estimate of drug-likeness (QED) is 0.917. The summed E-state index contributed by atoms with van der Waals surface area (Å²) in [5, 5.41) is 8.62. The van der Waals surface area contributed by atoms with Gasteiger partial charge in [-0.1, -0.05) is 0 Å². The van der Waals surface area contributed by atoms with Gasteiger partial charge < -0.3 is 15.5 Å². The first-order chi connectivity index (χ1) is 11.1. The van der Waals surface area contributed by atoms with E-state index in [0.717, 1.165) is 36.7 Å². The summed E-state index contributed by atoms with van der Waals surface area (Å²) >= 11 is 0. The number of nitrogens with zero attached hydrogens (tertiary/aromatic N) is 5. The fourth-order valence-corrected chi connectivity index (χ4v) is 2.80. The van der Waals surface area contributed by atoms with Crippen molar-refractivity contribution in [3.05, 3.63) is 41.7 Å². The van der Waals surface area contributed by atoms with Gasteiger partial charge in [-0.2, -0.15) is 5.10 Å². The Balaban J connectivity index is 1.83. The second kappa shape index (κ2) is 6.20. The summed E-state index contributed by atoms with van der Waals surface area (Å²) in [6.45, 7) is 0.907. The highest BCUT2D eigenvalue weighted by molar-refractivity contribution is 5.92. The molecular formula is C16H20N6O. The molecule has 0 aromatic carbocycles. The standard InChI is InChI=1S/C16H20N6O/c1-21(2)15-8-6-12(19-20-15)13-4-3-9-22(13)14-7-5-11(10-18-14)16(17)23/h5-8,10,13H,3-4,9H2,1-2H3,(H2,17,23). The Labute approximate surface area is 135 Å². The van der Waals surface area contributed by atoms with E-state index in [9.17, 15) is 4.79 Å². The van der Waals surface area contributed by atoms with Gasteiger partial charge in [0.05, 0.1) is 17.3 Å². The Kier molecular flexibility index (Phi) is 4.10. The second-order valence-electron chi connectivity index (χ2n) is 5.83. The van der Waals surface area contributed by atoms with Crippen LogP contribution < -0.4 is 15.5 Å². The minimum Gasteiger partial charge on any atom is -0.366 e. The van der Waals surface area contributed by atoms with Gasteiger partial charge in [0.2, 0.25) is 5.91 Å². The van der Waals surface area contributed by atoms with E-state index in [1.54, 1.807) is 6.07 Å². The zero-order valence-corrected chi connectivity index (χ0v) is 13.3. The second-order valence-corrected chi connectivity index (χ2v) is 5.83. The monoisotopic (exact) mass is 312 g/mol. The normalized spacial score (nSPS) is 17.3. The maximum atomic E-state index is 11.2. The summed E-state index contributed by atoms with van der Waals surface area (Å²) in [6, 6.07) is 7.69. The molecule has 1 saturated heterocycles. The molecule has 0 bridgehead atoms. The number of amides is 1. The van der Waals surface area contributed by atoms with Gasteiger partial charge in [0, 0.05) is 26.8 Å². The third-order valence-electron chi connectivity index (χ3n) is 4.05. The molecule has 0 spiro atoms. The number of hydrogen-bond donors (Lipinski definition) is 1. The summed E-state index contributed by atoms with van der Waals surface area (Å²) in [4.78, 5) is 19.6. The predicted octanol–water partition coefficient (Wildman–Crippen LogP) is 1.38. The highest BCUT2D eigenvalue weighted by Gasteiger charge is 2.28. The number of carbonyl (C=O) groups excluding carboxylic acids is 1. The molecule has 2 aromatic rings. The number of carbonyl (C=O) groups is 1. The molecule has 1 atom stereocenters. The first-order valence-electron chi connectivity index (χ1n) is 7.59. The van der Waals surface area contributed by atoms with Crippen molar-refractivity contribution in [2.75, 3.05) is 30.4 Å². The molecule has 1 aliphatic rings. The van der Waals surface area contributed by atoms with E-state index >= 15 is 0 Å². The molecule has 1 amide bonds. The average molecular weight is 312 g/mol. The van der Waals surface area contributed by atoms with Gasteiger partial charge in [0.15, 0.2) is 5.82 Å². The molecule has 23 heavy (non-hydrogen) atoms. The molecule has 1 aliphatic heterocycles. The summed E-state index contributed by atoms with van der Waals surface area (Å²) in [6.07, 6.45) is 3.60. The van der Waals surface area contributed by atoms with Gasteiger partial charge in [-0.3, -0.25) is 4.79 Å². The first-order valence-corrected chi connectivity index (χ1v) is 7.59. The van der Waals surface area contributed by atoms with Crippen molar-refractivity contribution in [1.82, 2.24) is 15.2 Å². The predicted molar refractivity (Wildman–Crippen MR) is 88.4 cm³/mol. The molecule has 0 saturated carbocycles. The van der Waals surface area contributed by atoms with Crippen molar-refractivity contribution < 1.29 is 4.79 Å². The number of pyridine rings is 1. The topological polar surface area (TPSA) is 88.2 Å². The summed E-state index contributed by atoms with van der Waals surface area (Å²) in [5.74, 6) is 1.20. The molecular weight excluding hydrogens is 292 g/mol. The lowest BCUT2D eigenvalue weighted by Crippen LogP contribution is -2.25. The molecule has 1 fully saturated rings. The average Bonchev–Trinajstić information content (AvgIpc) is 3.04. The van der Waals surface area contributed by atoms with E-state index in [0.29, 0.717) is 5.56 Å². The Hall–Kier alpha value is -2.70. The fourth-order valence-electron chi connectivity index (χ4n) is 2.80. The minimum atomic E-state index is -0.466. The van der Waals surface area contributed by atoms with Crippen molar-refractivity contribution in [3.8, 4) is 0 Å². The van der Waals surface area contributed by atoms with Crippen LogP contribution in [0.4, 0.5) is 11.6 Å². The Morgan fingerprint density at radius 1 is 1.26 bits per heavy atom. The van der Waals surface area contributed by atoms with Gasteiger partial charge in [-0.05, 0) is 37.1 Å². The first kappa shape index (κ1) is 15.2. The lowest BCUT2D eigenvalue weighted by atomic mass is 10.1. The van der Waals surface area contributed by atoms with Gasteiger partial charge in [0.1, 0.15) is 5.82 Å². The zero-order valence-electron chi connectivity index (χ0n) is 13.3. The molecule has 7 nitrogen and oxygen atoms in total. The van der Waals surface area contributed by atoms with Crippen LogP contribution >= 0.6 is 0 Å². The smallest absolute Gasteiger partial charge is 0.250 e. The molecule has 120 valence electrons.